The Bertz CT molecular complexity index is 734. The summed E-state index contributed by atoms with van der Waals surface area (Å²) in [4.78, 5) is 0. The van der Waals surface area contributed by atoms with Gasteiger partial charge in [0.15, 0.2) is 0 Å². The summed E-state index contributed by atoms with van der Waals surface area (Å²) in [5, 5.41) is 0. The van der Waals surface area contributed by atoms with E-state index >= 15 is 0 Å². The maximum absolute atomic E-state index is 4.36. The maximum atomic E-state index is 4.36. The van der Waals surface area contributed by atoms with E-state index in [1.165, 1.54) is 33.4 Å². The molecule has 30 heavy (non-hydrogen) atoms. The lowest BCUT2D eigenvalue weighted by molar-refractivity contribution is 0.545. The third-order valence-corrected chi connectivity index (χ3v) is 4.62. The molecule has 0 aliphatic heterocycles. The van der Waals surface area contributed by atoms with Crippen LogP contribution >= 0.6 is 0 Å². The van der Waals surface area contributed by atoms with Gasteiger partial charge >= 0.3 is 0 Å². The predicted molar refractivity (Wildman–Crippen MR) is 142 cm³/mol. The van der Waals surface area contributed by atoms with Gasteiger partial charge in [0.05, 0.1) is 0 Å². The molecule has 2 aromatic rings. The second-order valence-corrected chi connectivity index (χ2v) is 8.39. The van der Waals surface area contributed by atoms with Crippen molar-refractivity contribution in [2.45, 2.75) is 83.1 Å². The first-order valence-electron chi connectivity index (χ1n) is 11.2. The van der Waals surface area contributed by atoms with E-state index in [0.717, 1.165) is 6.42 Å². The van der Waals surface area contributed by atoms with E-state index in [9.17, 15) is 0 Å². The Balaban J connectivity index is 0. The number of aryl methyl sites for hydroxylation is 1. The number of allylic oxidation sites excluding steroid dienone is 3. The topological polar surface area (TPSA) is 0 Å². The normalized spacial score (nSPS) is 11.7. The molecule has 0 saturated carbocycles. The van der Waals surface area contributed by atoms with Gasteiger partial charge in [-0.2, -0.15) is 0 Å². The molecule has 168 valence electrons. The molecule has 1 unspecified atom stereocenters. The highest BCUT2D eigenvalue weighted by Crippen LogP contribution is 2.28. The maximum Gasteiger partial charge on any atom is -0.0150 e. The van der Waals surface area contributed by atoms with Crippen molar-refractivity contribution in [3.8, 4) is 0 Å². The highest BCUT2D eigenvalue weighted by Gasteiger charge is 2.11. The van der Waals surface area contributed by atoms with Crippen LogP contribution in [0, 0.1) is 18.3 Å². The van der Waals surface area contributed by atoms with E-state index in [1.807, 2.05) is 27.7 Å². The van der Waals surface area contributed by atoms with Crippen LogP contribution in [0.2, 0.25) is 0 Å². The highest BCUT2D eigenvalue weighted by molar-refractivity contribution is 5.70. The molecule has 0 fully saturated rings. The standard InChI is InChI=1S/C25H32.2C2H6.CH4/c1-18-8-10-22(11-9-18)16-19(2)21(4)24-14-12-23(13-15-24)20(3)17-25(5,6)7;2*1-2;/h8-15,17,19H,4,16H2,1-3,5-7H3;2*1-2H3;1H4/b20-17+;;;. The molecule has 0 spiro atoms. The lowest BCUT2D eigenvalue weighted by Gasteiger charge is -2.17. The molecule has 0 aliphatic rings. The van der Waals surface area contributed by atoms with E-state index in [2.05, 4.69) is 103 Å². The summed E-state index contributed by atoms with van der Waals surface area (Å²) in [6.45, 7) is 25.6. The summed E-state index contributed by atoms with van der Waals surface area (Å²) >= 11 is 0. The molecular weight excluding hydrogens is 360 g/mol. The summed E-state index contributed by atoms with van der Waals surface area (Å²) < 4.78 is 0. The van der Waals surface area contributed by atoms with Crippen molar-refractivity contribution in [3.63, 3.8) is 0 Å². The van der Waals surface area contributed by atoms with Crippen molar-refractivity contribution < 1.29 is 0 Å². The van der Waals surface area contributed by atoms with Crippen LogP contribution in [0.3, 0.4) is 0 Å². The third-order valence-electron chi connectivity index (χ3n) is 4.62. The van der Waals surface area contributed by atoms with Gasteiger partial charge in [-0.15, -0.1) is 0 Å². The zero-order chi connectivity index (χ0) is 22.6. The third kappa shape index (κ3) is 10.6. The first kappa shape index (κ1) is 30.1. The number of hydrogen-bond acceptors (Lipinski definition) is 0. The first-order chi connectivity index (χ1) is 13.7. The van der Waals surface area contributed by atoms with Crippen LogP contribution in [0.5, 0.6) is 0 Å². The molecule has 0 saturated heterocycles. The first-order valence-corrected chi connectivity index (χ1v) is 11.2. The number of rotatable bonds is 5. The van der Waals surface area contributed by atoms with Gasteiger partial charge in [0.2, 0.25) is 0 Å². The zero-order valence-corrected chi connectivity index (χ0v) is 20.7. The quantitative estimate of drug-likeness (QED) is 0.461. The predicted octanol–water partition coefficient (Wildman–Crippen LogP) is 10.0. The van der Waals surface area contributed by atoms with Crippen LogP contribution in [-0.2, 0) is 6.42 Å². The Labute approximate surface area is 189 Å². The summed E-state index contributed by atoms with van der Waals surface area (Å²) in [5.74, 6) is 0.430. The van der Waals surface area contributed by atoms with Gasteiger partial charge in [-0.25, -0.2) is 0 Å². The Morgan fingerprint density at radius 1 is 0.867 bits per heavy atom. The van der Waals surface area contributed by atoms with Crippen LogP contribution < -0.4 is 0 Å². The fraction of sp³-hybridized carbons (Fsp3) is 0.467. The minimum atomic E-state index is 0. The molecule has 0 bridgehead atoms. The van der Waals surface area contributed by atoms with Gasteiger partial charge < -0.3 is 0 Å². The van der Waals surface area contributed by atoms with Gasteiger partial charge in [0, 0.05) is 0 Å². The van der Waals surface area contributed by atoms with E-state index in [1.54, 1.807) is 0 Å². The average molecular weight is 409 g/mol. The number of benzene rings is 2. The van der Waals surface area contributed by atoms with Gasteiger partial charge in [-0.1, -0.05) is 130 Å². The van der Waals surface area contributed by atoms with Gasteiger partial charge in [-0.3, -0.25) is 0 Å². The molecule has 0 aromatic heterocycles. The van der Waals surface area contributed by atoms with Gasteiger partial charge in [0.1, 0.15) is 0 Å². The van der Waals surface area contributed by atoms with E-state index in [-0.39, 0.29) is 12.8 Å². The van der Waals surface area contributed by atoms with Crippen LogP contribution in [0.15, 0.2) is 61.2 Å². The molecule has 0 amide bonds. The molecule has 0 aliphatic carbocycles. The van der Waals surface area contributed by atoms with Crippen LogP contribution in [-0.4, -0.2) is 0 Å². The molecule has 0 heteroatoms. The van der Waals surface area contributed by atoms with E-state index < -0.39 is 0 Å². The molecule has 0 radical (unpaired) electrons. The molecule has 0 heterocycles. The van der Waals surface area contributed by atoms with Crippen molar-refractivity contribution in [2.24, 2.45) is 11.3 Å². The van der Waals surface area contributed by atoms with Crippen molar-refractivity contribution in [1.82, 2.24) is 0 Å². The van der Waals surface area contributed by atoms with Crippen molar-refractivity contribution in [2.75, 3.05) is 0 Å². The highest BCUT2D eigenvalue weighted by atomic mass is 14.2. The molecule has 0 nitrogen and oxygen atoms in total. The Kier molecular flexibility index (Phi) is 14.9. The smallest absolute Gasteiger partial charge is 0.0150 e. The molecular formula is C30H48. The van der Waals surface area contributed by atoms with Gasteiger partial charge in [0.25, 0.3) is 0 Å². The Morgan fingerprint density at radius 2 is 1.30 bits per heavy atom. The van der Waals surface area contributed by atoms with Crippen LogP contribution in [0.1, 0.15) is 92.0 Å². The largest absolute Gasteiger partial charge is 0.0950 e. The van der Waals surface area contributed by atoms with Crippen molar-refractivity contribution >= 4 is 11.1 Å². The second-order valence-electron chi connectivity index (χ2n) is 8.39. The summed E-state index contributed by atoms with van der Waals surface area (Å²) in [6.07, 6.45) is 3.36. The fourth-order valence-electron chi connectivity index (χ4n) is 3.17. The van der Waals surface area contributed by atoms with Crippen molar-refractivity contribution in [1.29, 1.82) is 0 Å². The van der Waals surface area contributed by atoms with Gasteiger partial charge in [-0.05, 0) is 59.4 Å². The number of hydrogen-bond donors (Lipinski definition) is 0. The van der Waals surface area contributed by atoms with Crippen LogP contribution in [0.25, 0.3) is 11.1 Å². The molecule has 1 atom stereocenters. The SMILES string of the molecule is C.C=C(c1ccc(/C(C)=C/C(C)(C)C)cc1)C(C)Cc1ccc(C)cc1.CC.CC. The second kappa shape index (κ2) is 14.8. The molecule has 2 rings (SSSR count). The average Bonchev–Trinajstić information content (AvgIpc) is 2.71. The molecule has 2 aromatic carbocycles. The lowest BCUT2D eigenvalue weighted by atomic mass is 9.88. The van der Waals surface area contributed by atoms with Crippen molar-refractivity contribution in [3.05, 3.63) is 83.4 Å². The van der Waals surface area contributed by atoms with E-state index in [4.69, 9.17) is 0 Å². The summed E-state index contributed by atoms with van der Waals surface area (Å²) in [7, 11) is 0. The monoisotopic (exact) mass is 408 g/mol. The summed E-state index contributed by atoms with van der Waals surface area (Å²) in [6, 6.07) is 17.7. The zero-order valence-electron chi connectivity index (χ0n) is 20.7. The van der Waals surface area contributed by atoms with E-state index in [0.29, 0.717) is 5.92 Å². The molecule has 0 N–H and O–H groups in total. The lowest BCUT2D eigenvalue weighted by Crippen LogP contribution is -2.03. The van der Waals surface area contributed by atoms with Crippen LogP contribution in [0.4, 0.5) is 0 Å². The fourth-order valence-corrected chi connectivity index (χ4v) is 3.17. The summed E-state index contributed by atoms with van der Waals surface area (Å²) in [5.41, 5.74) is 7.96. The minimum absolute atomic E-state index is 0. The minimum Gasteiger partial charge on any atom is -0.0950 e. The Hall–Kier alpha value is -2.08. The Morgan fingerprint density at radius 3 is 1.73 bits per heavy atom.